The standard InChI is InChI=1S/C23H29N3O3/c1-16(2)6-5-13-29-22-14-20(11-12-21(22)28-4)26-23(27)25-17(3)19-9-7-18(15-24)8-10-19/h7-12,14,16-17H,5-6,13H2,1-4H3,(H2,25,26,27)/t17-/m0/s1. The number of hydrogen-bond donors (Lipinski definition) is 2. The van der Waals surface area contributed by atoms with E-state index in [1.807, 2.05) is 19.1 Å². The molecule has 2 aromatic carbocycles. The quantitative estimate of drug-likeness (QED) is 0.567. The van der Waals surface area contributed by atoms with Gasteiger partial charge < -0.3 is 20.1 Å². The number of benzene rings is 2. The van der Waals surface area contributed by atoms with Crippen LogP contribution in [0.25, 0.3) is 0 Å². The molecule has 2 N–H and O–H groups in total. The van der Waals surface area contributed by atoms with Crippen LogP contribution in [0.3, 0.4) is 0 Å². The van der Waals surface area contributed by atoms with Gasteiger partial charge in [0.2, 0.25) is 0 Å². The molecule has 2 amide bonds. The SMILES string of the molecule is COc1ccc(NC(=O)N[C@@H](C)c2ccc(C#N)cc2)cc1OCCCC(C)C. The summed E-state index contributed by atoms with van der Waals surface area (Å²) >= 11 is 0. The summed E-state index contributed by atoms with van der Waals surface area (Å²) in [6.07, 6.45) is 2.05. The van der Waals surface area contributed by atoms with Gasteiger partial charge in [0.1, 0.15) is 0 Å². The van der Waals surface area contributed by atoms with Crippen molar-refractivity contribution >= 4 is 11.7 Å². The van der Waals surface area contributed by atoms with Crippen LogP contribution in [-0.2, 0) is 0 Å². The molecular formula is C23H29N3O3. The van der Waals surface area contributed by atoms with Gasteiger partial charge >= 0.3 is 6.03 Å². The molecule has 0 bridgehead atoms. The molecule has 154 valence electrons. The van der Waals surface area contributed by atoms with Crippen molar-refractivity contribution in [1.29, 1.82) is 5.26 Å². The molecule has 0 aliphatic heterocycles. The molecule has 0 aliphatic rings. The minimum absolute atomic E-state index is 0.201. The average Bonchev–Trinajstić information content (AvgIpc) is 2.71. The predicted molar refractivity (Wildman–Crippen MR) is 114 cm³/mol. The van der Waals surface area contributed by atoms with Crippen molar-refractivity contribution in [2.45, 2.75) is 39.7 Å². The second-order valence-electron chi connectivity index (χ2n) is 7.30. The molecule has 0 saturated heterocycles. The van der Waals surface area contributed by atoms with Crippen LogP contribution in [0.5, 0.6) is 11.5 Å². The summed E-state index contributed by atoms with van der Waals surface area (Å²) in [6, 6.07) is 14.0. The van der Waals surface area contributed by atoms with Gasteiger partial charge in [0.15, 0.2) is 11.5 Å². The highest BCUT2D eigenvalue weighted by Gasteiger charge is 2.12. The number of nitriles is 1. The number of urea groups is 1. The molecule has 0 aliphatic carbocycles. The van der Waals surface area contributed by atoms with Crippen LogP contribution in [0.1, 0.15) is 50.8 Å². The average molecular weight is 396 g/mol. The molecule has 6 nitrogen and oxygen atoms in total. The minimum atomic E-state index is -0.321. The first kappa shape index (κ1) is 22.1. The van der Waals surface area contributed by atoms with E-state index in [9.17, 15) is 4.79 Å². The Bertz CT molecular complexity index is 841. The maximum absolute atomic E-state index is 12.4. The summed E-state index contributed by atoms with van der Waals surface area (Å²) in [5, 5.41) is 14.6. The van der Waals surface area contributed by atoms with Crippen LogP contribution in [0.2, 0.25) is 0 Å². The lowest BCUT2D eigenvalue weighted by Gasteiger charge is -2.16. The Morgan fingerprint density at radius 2 is 1.83 bits per heavy atom. The fraction of sp³-hybridized carbons (Fsp3) is 0.391. The van der Waals surface area contributed by atoms with Crippen LogP contribution >= 0.6 is 0 Å². The third-order valence-electron chi connectivity index (χ3n) is 4.49. The Kier molecular flexibility index (Phi) is 8.35. The van der Waals surface area contributed by atoms with Crippen molar-refractivity contribution in [2.75, 3.05) is 19.0 Å². The topological polar surface area (TPSA) is 83.4 Å². The first-order valence-corrected chi connectivity index (χ1v) is 9.81. The summed E-state index contributed by atoms with van der Waals surface area (Å²) in [7, 11) is 1.59. The summed E-state index contributed by atoms with van der Waals surface area (Å²) in [4.78, 5) is 12.4. The van der Waals surface area contributed by atoms with Crippen LogP contribution in [-0.4, -0.2) is 19.7 Å². The molecule has 2 rings (SSSR count). The Labute approximate surface area is 172 Å². The van der Waals surface area contributed by atoms with Crippen LogP contribution in [0.4, 0.5) is 10.5 Å². The highest BCUT2D eigenvalue weighted by molar-refractivity contribution is 5.89. The molecule has 0 heterocycles. The highest BCUT2D eigenvalue weighted by Crippen LogP contribution is 2.30. The minimum Gasteiger partial charge on any atom is -0.493 e. The van der Waals surface area contributed by atoms with Crippen LogP contribution < -0.4 is 20.1 Å². The van der Waals surface area contributed by atoms with Gasteiger partial charge in [-0.1, -0.05) is 26.0 Å². The molecule has 0 fully saturated rings. The second kappa shape index (κ2) is 11.0. The lowest BCUT2D eigenvalue weighted by Crippen LogP contribution is -2.31. The Morgan fingerprint density at radius 1 is 1.10 bits per heavy atom. The van der Waals surface area contributed by atoms with Gasteiger partial charge in [-0.25, -0.2) is 4.79 Å². The van der Waals surface area contributed by atoms with Crippen molar-refractivity contribution in [2.24, 2.45) is 5.92 Å². The zero-order chi connectivity index (χ0) is 21.2. The predicted octanol–water partition coefficient (Wildman–Crippen LogP) is 5.26. The molecule has 0 radical (unpaired) electrons. The zero-order valence-corrected chi connectivity index (χ0v) is 17.5. The number of carbonyl (C=O) groups excluding carboxylic acids is 1. The molecule has 0 spiro atoms. The molecule has 0 saturated carbocycles. The van der Waals surface area contributed by atoms with Crippen molar-refractivity contribution in [3.05, 3.63) is 53.6 Å². The number of rotatable bonds is 9. The lowest BCUT2D eigenvalue weighted by atomic mass is 10.1. The van der Waals surface area contributed by atoms with Crippen LogP contribution in [0, 0.1) is 17.2 Å². The number of methoxy groups -OCH3 is 1. The van der Waals surface area contributed by atoms with Gasteiger partial charge in [0, 0.05) is 11.8 Å². The van der Waals surface area contributed by atoms with Crippen molar-refractivity contribution < 1.29 is 14.3 Å². The number of nitrogens with one attached hydrogen (secondary N) is 2. The van der Waals surface area contributed by atoms with Gasteiger partial charge in [-0.2, -0.15) is 5.26 Å². The van der Waals surface area contributed by atoms with E-state index >= 15 is 0 Å². The second-order valence-corrected chi connectivity index (χ2v) is 7.30. The summed E-state index contributed by atoms with van der Waals surface area (Å²) in [5.74, 6) is 1.87. The third kappa shape index (κ3) is 7.04. The van der Waals surface area contributed by atoms with E-state index in [1.165, 1.54) is 0 Å². The van der Waals surface area contributed by atoms with Gasteiger partial charge in [-0.3, -0.25) is 0 Å². The largest absolute Gasteiger partial charge is 0.493 e. The van der Waals surface area contributed by atoms with Crippen molar-refractivity contribution in [1.82, 2.24) is 5.32 Å². The number of amides is 2. The van der Waals surface area contributed by atoms with E-state index in [4.69, 9.17) is 14.7 Å². The molecular weight excluding hydrogens is 366 g/mol. The normalized spacial score (nSPS) is 11.4. The summed E-state index contributed by atoms with van der Waals surface area (Å²) in [5.41, 5.74) is 2.13. The molecule has 0 aromatic heterocycles. The Hall–Kier alpha value is -3.20. The smallest absolute Gasteiger partial charge is 0.319 e. The van der Waals surface area contributed by atoms with Crippen molar-refractivity contribution in [3.8, 4) is 17.6 Å². The van der Waals surface area contributed by atoms with Gasteiger partial charge in [-0.05, 0) is 55.5 Å². The number of carbonyl (C=O) groups is 1. The van der Waals surface area contributed by atoms with E-state index in [0.717, 1.165) is 18.4 Å². The molecule has 6 heteroatoms. The monoisotopic (exact) mass is 395 g/mol. The lowest BCUT2D eigenvalue weighted by molar-refractivity contribution is 0.249. The molecule has 29 heavy (non-hydrogen) atoms. The number of anilines is 1. The fourth-order valence-corrected chi connectivity index (χ4v) is 2.83. The van der Waals surface area contributed by atoms with E-state index in [1.54, 1.807) is 37.4 Å². The van der Waals surface area contributed by atoms with E-state index in [-0.39, 0.29) is 12.1 Å². The maximum atomic E-state index is 12.4. The van der Waals surface area contributed by atoms with Gasteiger partial charge in [0.05, 0.1) is 31.4 Å². The third-order valence-corrected chi connectivity index (χ3v) is 4.49. The Morgan fingerprint density at radius 3 is 2.45 bits per heavy atom. The van der Waals surface area contributed by atoms with Gasteiger partial charge in [0.25, 0.3) is 0 Å². The number of hydrogen-bond acceptors (Lipinski definition) is 4. The number of ether oxygens (including phenoxy) is 2. The summed E-state index contributed by atoms with van der Waals surface area (Å²) < 4.78 is 11.2. The van der Waals surface area contributed by atoms with E-state index in [0.29, 0.717) is 35.3 Å². The summed E-state index contributed by atoms with van der Waals surface area (Å²) in [6.45, 7) is 6.85. The number of nitrogens with zero attached hydrogens (tertiary/aromatic N) is 1. The Balaban J connectivity index is 1.96. The van der Waals surface area contributed by atoms with E-state index < -0.39 is 0 Å². The van der Waals surface area contributed by atoms with Crippen LogP contribution in [0.15, 0.2) is 42.5 Å². The van der Waals surface area contributed by atoms with Crippen molar-refractivity contribution in [3.63, 3.8) is 0 Å². The fourth-order valence-electron chi connectivity index (χ4n) is 2.83. The molecule has 1 atom stereocenters. The zero-order valence-electron chi connectivity index (χ0n) is 17.5. The van der Waals surface area contributed by atoms with Gasteiger partial charge in [-0.15, -0.1) is 0 Å². The first-order valence-electron chi connectivity index (χ1n) is 9.81. The first-order chi connectivity index (χ1) is 13.9. The maximum Gasteiger partial charge on any atom is 0.319 e. The van der Waals surface area contributed by atoms with E-state index in [2.05, 4.69) is 30.6 Å². The molecule has 0 unspecified atom stereocenters. The molecule has 2 aromatic rings. The highest BCUT2D eigenvalue weighted by atomic mass is 16.5.